The Morgan fingerprint density at radius 3 is 2.68 bits per heavy atom. The molecule has 134 valence electrons. The van der Waals surface area contributed by atoms with Gasteiger partial charge in [-0.1, -0.05) is 17.3 Å². The Morgan fingerprint density at radius 2 is 2.00 bits per heavy atom. The predicted molar refractivity (Wildman–Crippen MR) is 92.5 cm³/mol. The van der Waals surface area contributed by atoms with E-state index in [1.54, 1.807) is 0 Å². The zero-order valence-corrected chi connectivity index (χ0v) is 14.9. The zero-order valence-electron chi connectivity index (χ0n) is 14.9. The third kappa shape index (κ3) is 3.75. The molecule has 1 aromatic heterocycles. The average Bonchev–Trinajstić information content (AvgIpc) is 3.34. The van der Waals surface area contributed by atoms with Gasteiger partial charge in [0.1, 0.15) is 5.82 Å². The molecule has 2 fully saturated rings. The smallest absolute Gasteiger partial charge is 0.243 e. The van der Waals surface area contributed by atoms with Gasteiger partial charge in [0.25, 0.3) is 0 Å². The average molecular weight is 344 g/mol. The predicted octanol–water partition coefficient (Wildman–Crippen LogP) is 3.35. The summed E-state index contributed by atoms with van der Waals surface area (Å²) in [5.74, 6) is 1.96. The first-order chi connectivity index (χ1) is 12.1. The molecule has 1 saturated heterocycles. The number of rotatable bonds is 5. The summed E-state index contributed by atoms with van der Waals surface area (Å²) in [6.07, 6.45) is 2.37. The topological polar surface area (TPSA) is 45.4 Å². The van der Waals surface area contributed by atoms with Gasteiger partial charge in [-0.3, -0.25) is 9.80 Å². The normalized spacial score (nSPS) is 23.7. The lowest BCUT2D eigenvalue weighted by Gasteiger charge is -2.41. The Morgan fingerprint density at radius 1 is 1.24 bits per heavy atom. The van der Waals surface area contributed by atoms with Crippen molar-refractivity contribution in [2.24, 2.45) is 0 Å². The Labute approximate surface area is 147 Å². The SMILES string of the molecule is C[C@@H]1CN(Cc2ccc(F)cc2)CCN1[C@@H](C)c1nc(C2CC2)no1. The summed E-state index contributed by atoms with van der Waals surface area (Å²) >= 11 is 0. The summed E-state index contributed by atoms with van der Waals surface area (Å²) in [5.41, 5.74) is 1.15. The second-order valence-corrected chi connectivity index (χ2v) is 7.39. The molecule has 1 aromatic carbocycles. The van der Waals surface area contributed by atoms with Crippen LogP contribution in [0.2, 0.25) is 0 Å². The summed E-state index contributed by atoms with van der Waals surface area (Å²) in [7, 11) is 0. The van der Waals surface area contributed by atoms with E-state index in [2.05, 4.69) is 33.8 Å². The zero-order chi connectivity index (χ0) is 17.4. The van der Waals surface area contributed by atoms with E-state index in [1.165, 1.54) is 25.0 Å². The van der Waals surface area contributed by atoms with Gasteiger partial charge in [-0.25, -0.2) is 4.39 Å². The standard InChI is InChI=1S/C19H25FN4O/c1-13-11-23(12-15-3-7-17(20)8-4-15)9-10-24(13)14(2)19-21-18(22-25-19)16-5-6-16/h3-4,7-8,13-14,16H,5-6,9-12H2,1-2H3/t13-,14+/m1/s1. The van der Waals surface area contributed by atoms with Crippen molar-refractivity contribution in [2.45, 2.75) is 51.2 Å². The van der Waals surface area contributed by atoms with Gasteiger partial charge >= 0.3 is 0 Å². The first-order valence-corrected chi connectivity index (χ1v) is 9.16. The van der Waals surface area contributed by atoms with E-state index in [0.29, 0.717) is 12.0 Å². The van der Waals surface area contributed by atoms with E-state index in [9.17, 15) is 4.39 Å². The number of hydrogen-bond acceptors (Lipinski definition) is 5. The molecule has 2 aliphatic rings. The molecule has 0 spiro atoms. The Hall–Kier alpha value is -1.79. The van der Waals surface area contributed by atoms with Crippen molar-refractivity contribution in [2.75, 3.05) is 19.6 Å². The maximum absolute atomic E-state index is 13.0. The van der Waals surface area contributed by atoms with Crippen molar-refractivity contribution in [1.29, 1.82) is 0 Å². The molecule has 1 saturated carbocycles. The van der Waals surface area contributed by atoms with Crippen LogP contribution in [0, 0.1) is 5.82 Å². The molecule has 0 bridgehead atoms. The third-order valence-electron chi connectivity index (χ3n) is 5.34. The third-order valence-corrected chi connectivity index (χ3v) is 5.34. The lowest BCUT2D eigenvalue weighted by molar-refractivity contribution is 0.0397. The number of hydrogen-bond donors (Lipinski definition) is 0. The molecule has 1 aliphatic carbocycles. The summed E-state index contributed by atoms with van der Waals surface area (Å²) in [6.45, 7) is 8.17. The molecule has 0 N–H and O–H groups in total. The van der Waals surface area contributed by atoms with E-state index >= 15 is 0 Å². The number of nitrogens with zero attached hydrogens (tertiary/aromatic N) is 4. The van der Waals surface area contributed by atoms with Crippen molar-refractivity contribution in [3.8, 4) is 0 Å². The highest BCUT2D eigenvalue weighted by Gasteiger charge is 2.33. The first-order valence-electron chi connectivity index (χ1n) is 9.16. The van der Waals surface area contributed by atoms with E-state index in [-0.39, 0.29) is 11.9 Å². The van der Waals surface area contributed by atoms with Crippen molar-refractivity contribution in [3.63, 3.8) is 0 Å². The molecule has 2 atom stereocenters. The molecule has 25 heavy (non-hydrogen) atoms. The molecular formula is C19H25FN4O. The van der Waals surface area contributed by atoms with E-state index < -0.39 is 0 Å². The highest BCUT2D eigenvalue weighted by molar-refractivity contribution is 5.16. The molecule has 2 aromatic rings. The van der Waals surface area contributed by atoms with Gasteiger partial charge in [0, 0.05) is 38.1 Å². The van der Waals surface area contributed by atoms with Crippen molar-refractivity contribution < 1.29 is 8.91 Å². The van der Waals surface area contributed by atoms with Crippen LogP contribution < -0.4 is 0 Å². The molecule has 0 radical (unpaired) electrons. The van der Waals surface area contributed by atoms with Crippen LogP contribution in [0.3, 0.4) is 0 Å². The minimum Gasteiger partial charge on any atom is -0.338 e. The highest BCUT2D eigenvalue weighted by atomic mass is 19.1. The minimum atomic E-state index is -0.180. The summed E-state index contributed by atoms with van der Waals surface area (Å²) < 4.78 is 18.6. The van der Waals surface area contributed by atoms with Crippen LogP contribution in [-0.2, 0) is 6.54 Å². The lowest BCUT2D eigenvalue weighted by Crippen LogP contribution is -2.52. The maximum Gasteiger partial charge on any atom is 0.243 e. The second kappa shape index (κ2) is 6.84. The fourth-order valence-electron chi connectivity index (χ4n) is 3.68. The fourth-order valence-corrected chi connectivity index (χ4v) is 3.68. The van der Waals surface area contributed by atoms with Crippen LogP contribution in [0.25, 0.3) is 0 Å². The number of benzene rings is 1. The maximum atomic E-state index is 13.0. The van der Waals surface area contributed by atoms with Gasteiger partial charge in [-0.2, -0.15) is 4.98 Å². The van der Waals surface area contributed by atoms with Crippen LogP contribution in [0.1, 0.15) is 55.9 Å². The Balaban J connectivity index is 1.36. The van der Waals surface area contributed by atoms with Gasteiger partial charge in [0.2, 0.25) is 5.89 Å². The van der Waals surface area contributed by atoms with Crippen LogP contribution >= 0.6 is 0 Å². The quantitative estimate of drug-likeness (QED) is 0.832. The van der Waals surface area contributed by atoms with Crippen molar-refractivity contribution >= 4 is 0 Å². The molecule has 6 heteroatoms. The Kier molecular flexibility index (Phi) is 4.56. The first kappa shape index (κ1) is 16.7. The molecule has 0 amide bonds. The molecule has 4 rings (SSSR count). The Bertz CT molecular complexity index is 712. The highest BCUT2D eigenvalue weighted by Crippen LogP contribution is 2.38. The van der Waals surface area contributed by atoms with Gasteiger partial charge in [-0.15, -0.1) is 0 Å². The van der Waals surface area contributed by atoms with E-state index in [1.807, 2.05) is 12.1 Å². The van der Waals surface area contributed by atoms with Crippen molar-refractivity contribution in [3.05, 3.63) is 47.4 Å². The summed E-state index contributed by atoms with van der Waals surface area (Å²) in [5, 5.41) is 4.14. The summed E-state index contributed by atoms with van der Waals surface area (Å²) in [4.78, 5) is 9.47. The number of aromatic nitrogens is 2. The van der Waals surface area contributed by atoms with Crippen molar-refractivity contribution in [1.82, 2.24) is 19.9 Å². The molecule has 1 aliphatic heterocycles. The van der Waals surface area contributed by atoms with Gasteiger partial charge < -0.3 is 4.52 Å². The molecule has 2 heterocycles. The number of halogens is 1. The fraction of sp³-hybridized carbons (Fsp3) is 0.579. The largest absolute Gasteiger partial charge is 0.338 e. The van der Waals surface area contributed by atoms with Crippen LogP contribution in [0.4, 0.5) is 4.39 Å². The van der Waals surface area contributed by atoms with Gasteiger partial charge in [0.05, 0.1) is 6.04 Å². The molecular weight excluding hydrogens is 319 g/mol. The molecule has 5 nitrogen and oxygen atoms in total. The summed E-state index contributed by atoms with van der Waals surface area (Å²) in [6, 6.07) is 7.34. The lowest BCUT2D eigenvalue weighted by atomic mass is 10.1. The van der Waals surface area contributed by atoms with Crippen LogP contribution in [0.5, 0.6) is 0 Å². The van der Waals surface area contributed by atoms with E-state index in [0.717, 1.165) is 43.5 Å². The molecule has 0 unspecified atom stereocenters. The number of piperazine rings is 1. The second-order valence-electron chi connectivity index (χ2n) is 7.39. The monoisotopic (exact) mass is 344 g/mol. The van der Waals surface area contributed by atoms with Gasteiger partial charge in [-0.05, 0) is 44.4 Å². The van der Waals surface area contributed by atoms with Crippen LogP contribution in [-0.4, -0.2) is 45.6 Å². The van der Waals surface area contributed by atoms with E-state index in [4.69, 9.17) is 4.52 Å². The van der Waals surface area contributed by atoms with Crippen LogP contribution in [0.15, 0.2) is 28.8 Å². The van der Waals surface area contributed by atoms with Gasteiger partial charge in [0.15, 0.2) is 5.82 Å². The minimum absolute atomic E-state index is 0.142.